The van der Waals surface area contributed by atoms with Gasteiger partial charge < -0.3 is 14.5 Å². The molecule has 1 aliphatic heterocycles. The van der Waals surface area contributed by atoms with Gasteiger partial charge in [-0.1, -0.05) is 35.0 Å². The van der Waals surface area contributed by atoms with Crippen LogP contribution >= 0.6 is 47.2 Å². The maximum atomic E-state index is 12.8. The molecule has 0 bridgehead atoms. The van der Waals surface area contributed by atoms with Crippen molar-refractivity contribution in [1.82, 2.24) is 10.4 Å². The van der Waals surface area contributed by atoms with Crippen LogP contribution in [0.2, 0.25) is 10.0 Å². The van der Waals surface area contributed by atoms with Gasteiger partial charge in [-0.25, -0.2) is 10.2 Å². The number of carbonyl (C=O) groups excluding carboxylic acids is 2. The van der Waals surface area contributed by atoms with E-state index in [2.05, 4.69) is 10.7 Å². The lowest BCUT2D eigenvalue weighted by Crippen LogP contribution is -2.46. The Hall–Kier alpha value is -3.58. The number of benzene rings is 2. The number of halogens is 2. The Morgan fingerprint density at radius 3 is 2.67 bits per heavy atom. The van der Waals surface area contributed by atoms with Gasteiger partial charge in [-0.05, 0) is 48.6 Å². The van der Waals surface area contributed by atoms with Crippen molar-refractivity contribution in [3.63, 3.8) is 0 Å². The van der Waals surface area contributed by atoms with Crippen LogP contribution in [0.15, 0.2) is 57.9 Å². The number of urea groups is 1. The Morgan fingerprint density at radius 2 is 1.97 bits per heavy atom. The van der Waals surface area contributed by atoms with Crippen molar-refractivity contribution in [2.45, 2.75) is 0 Å². The number of nitro groups is 1. The molecule has 1 aliphatic rings. The second-order valence-corrected chi connectivity index (χ2v) is 9.55. The number of carbonyl (C=O) groups is 2. The Morgan fingerprint density at radius 1 is 1.19 bits per heavy atom. The number of methoxy groups -OCH3 is 1. The van der Waals surface area contributed by atoms with Crippen molar-refractivity contribution in [1.29, 1.82) is 0 Å². The summed E-state index contributed by atoms with van der Waals surface area (Å²) in [5.74, 6) is 0.405. The van der Waals surface area contributed by atoms with Crippen molar-refractivity contribution in [2.75, 3.05) is 12.4 Å². The molecule has 0 radical (unpaired) electrons. The molecule has 0 unspecified atom stereocenters. The third-order valence-electron chi connectivity index (χ3n) is 4.75. The van der Waals surface area contributed by atoms with E-state index in [0.717, 1.165) is 16.8 Å². The average Bonchev–Trinajstić information content (AvgIpc) is 3.41. The zero-order chi connectivity index (χ0) is 26.0. The normalized spacial score (nSPS) is 14.3. The number of thioether (sulfide) groups is 1. The molecular formula is C22H14Cl2N4O6S2. The summed E-state index contributed by atoms with van der Waals surface area (Å²) in [7, 11) is 1.39. The maximum absolute atomic E-state index is 12.8. The first-order valence-corrected chi connectivity index (χ1v) is 11.9. The molecule has 3 amide bonds. The molecule has 3 aromatic rings. The summed E-state index contributed by atoms with van der Waals surface area (Å²) in [5.41, 5.74) is 3.13. The van der Waals surface area contributed by atoms with E-state index in [-0.39, 0.29) is 25.7 Å². The van der Waals surface area contributed by atoms with Crippen molar-refractivity contribution in [3.8, 4) is 17.1 Å². The highest BCUT2D eigenvalue weighted by atomic mass is 35.5. The number of rotatable bonds is 6. The van der Waals surface area contributed by atoms with Gasteiger partial charge >= 0.3 is 6.03 Å². The number of nitrogens with one attached hydrogen (secondary N) is 2. The molecule has 2 N–H and O–H groups in total. The lowest BCUT2D eigenvalue weighted by Gasteiger charge is -2.16. The predicted molar refractivity (Wildman–Crippen MR) is 141 cm³/mol. The van der Waals surface area contributed by atoms with Gasteiger partial charge in [0.1, 0.15) is 17.3 Å². The smallest absolute Gasteiger partial charge is 0.338 e. The molecule has 184 valence electrons. The zero-order valence-corrected chi connectivity index (χ0v) is 21.3. The number of hydrogen-bond acceptors (Lipinski definition) is 8. The Kier molecular flexibility index (Phi) is 7.50. The van der Waals surface area contributed by atoms with Crippen molar-refractivity contribution < 1.29 is 23.7 Å². The van der Waals surface area contributed by atoms with Gasteiger partial charge in [0, 0.05) is 17.8 Å². The first-order valence-electron chi connectivity index (χ1n) is 9.89. The molecule has 36 heavy (non-hydrogen) atoms. The lowest BCUT2D eigenvalue weighted by molar-refractivity contribution is -0.384. The monoisotopic (exact) mass is 564 g/mol. The van der Waals surface area contributed by atoms with Crippen LogP contribution in [0, 0.1) is 10.1 Å². The fraction of sp³-hybridized carbons (Fsp3) is 0.0455. The van der Waals surface area contributed by atoms with E-state index in [9.17, 15) is 19.7 Å². The molecule has 0 spiro atoms. The molecule has 1 saturated heterocycles. The molecule has 14 heteroatoms. The molecular weight excluding hydrogens is 551 g/mol. The van der Waals surface area contributed by atoms with Crippen LogP contribution < -0.4 is 15.5 Å². The summed E-state index contributed by atoms with van der Waals surface area (Å²) >= 11 is 18.0. The molecule has 0 saturated carbocycles. The van der Waals surface area contributed by atoms with E-state index >= 15 is 0 Å². The average molecular weight is 565 g/mol. The Labute approximate surface area is 223 Å². The summed E-state index contributed by atoms with van der Waals surface area (Å²) in [6, 6.07) is 11.2. The minimum absolute atomic E-state index is 0.111. The van der Waals surface area contributed by atoms with E-state index in [1.54, 1.807) is 18.2 Å². The number of non-ortho nitro benzene ring substituents is 1. The molecule has 1 fully saturated rings. The van der Waals surface area contributed by atoms with E-state index in [0.29, 0.717) is 27.8 Å². The number of thiocarbonyl (C=S) groups is 1. The first kappa shape index (κ1) is 25.5. The molecule has 10 nitrogen and oxygen atoms in total. The van der Waals surface area contributed by atoms with Gasteiger partial charge in [-0.15, -0.1) is 0 Å². The van der Waals surface area contributed by atoms with E-state index in [1.165, 1.54) is 43.5 Å². The van der Waals surface area contributed by atoms with Crippen LogP contribution in [0.4, 0.5) is 16.2 Å². The van der Waals surface area contributed by atoms with E-state index in [1.807, 2.05) is 0 Å². The highest BCUT2D eigenvalue weighted by Crippen LogP contribution is 2.36. The predicted octanol–water partition coefficient (Wildman–Crippen LogP) is 6.11. The van der Waals surface area contributed by atoms with Gasteiger partial charge in [0.25, 0.3) is 11.6 Å². The summed E-state index contributed by atoms with van der Waals surface area (Å²) in [6.07, 6.45) is 1.47. The Balaban J connectivity index is 1.48. The molecule has 0 aliphatic carbocycles. The van der Waals surface area contributed by atoms with Crippen molar-refractivity contribution in [2.24, 2.45) is 0 Å². The molecule has 2 aromatic carbocycles. The highest BCUT2D eigenvalue weighted by Gasteiger charge is 2.34. The fourth-order valence-corrected chi connectivity index (χ4v) is 4.56. The Bertz CT molecular complexity index is 1440. The van der Waals surface area contributed by atoms with Crippen LogP contribution in [0.5, 0.6) is 5.75 Å². The highest BCUT2D eigenvalue weighted by molar-refractivity contribution is 8.26. The third kappa shape index (κ3) is 5.46. The largest absolute Gasteiger partial charge is 0.496 e. The maximum Gasteiger partial charge on any atom is 0.338 e. The standard InChI is InChI=1S/C22H14Cl2N4O6S2/c1-33-18-9-12(28(31)32)3-5-14(18)17-7-4-13(34-17)10-19-20(29)27(22(35)36-19)26-21(30)25-11-2-6-15(23)16(24)8-11/h2-10H,1H3,(H2,25,26,30)/b19-10+. The van der Waals surface area contributed by atoms with Crippen LogP contribution in [0.1, 0.15) is 5.76 Å². The SMILES string of the molecule is COc1cc([N+](=O)[O-])ccc1-c1ccc(/C=C2/SC(=S)N(NC(=O)Nc3ccc(Cl)c(Cl)c3)C2=O)o1. The minimum atomic E-state index is -0.712. The summed E-state index contributed by atoms with van der Waals surface area (Å²) < 4.78 is 11.2. The number of furan rings is 1. The quantitative estimate of drug-likeness (QED) is 0.159. The van der Waals surface area contributed by atoms with Crippen molar-refractivity contribution >= 4 is 80.9 Å². The molecule has 0 atom stereocenters. The fourth-order valence-electron chi connectivity index (χ4n) is 3.10. The number of nitrogens with zero attached hydrogens (tertiary/aromatic N) is 2. The number of anilines is 1. The number of ether oxygens (including phenoxy) is 1. The first-order chi connectivity index (χ1) is 17.2. The summed E-state index contributed by atoms with van der Waals surface area (Å²) in [5, 5.41) is 15.1. The third-order valence-corrected chi connectivity index (χ3v) is 6.79. The van der Waals surface area contributed by atoms with Gasteiger partial charge in [0.2, 0.25) is 0 Å². The van der Waals surface area contributed by atoms with Gasteiger partial charge in [0.15, 0.2) is 4.32 Å². The molecule has 2 heterocycles. The van der Waals surface area contributed by atoms with Gasteiger partial charge in [0.05, 0.1) is 38.6 Å². The summed E-state index contributed by atoms with van der Waals surface area (Å²) in [6.45, 7) is 0. The lowest BCUT2D eigenvalue weighted by atomic mass is 10.1. The summed E-state index contributed by atoms with van der Waals surface area (Å²) in [4.78, 5) is 35.9. The molecule has 4 rings (SSSR count). The van der Waals surface area contributed by atoms with E-state index in [4.69, 9.17) is 44.6 Å². The molecule has 1 aromatic heterocycles. The second-order valence-electron chi connectivity index (χ2n) is 7.06. The topological polar surface area (TPSA) is 127 Å². The van der Waals surface area contributed by atoms with Gasteiger partial charge in [-0.3, -0.25) is 14.9 Å². The minimum Gasteiger partial charge on any atom is -0.496 e. The van der Waals surface area contributed by atoms with Gasteiger partial charge in [-0.2, -0.15) is 5.01 Å². The second kappa shape index (κ2) is 10.6. The zero-order valence-electron chi connectivity index (χ0n) is 18.1. The number of hydrogen-bond donors (Lipinski definition) is 2. The van der Waals surface area contributed by atoms with E-state index < -0.39 is 16.9 Å². The number of amides is 3. The van der Waals surface area contributed by atoms with Crippen LogP contribution in [0.25, 0.3) is 17.4 Å². The van der Waals surface area contributed by atoms with Crippen LogP contribution in [0.3, 0.4) is 0 Å². The van der Waals surface area contributed by atoms with Crippen molar-refractivity contribution in [3.05, 3.63) is 79.4 Å². The number of nitro benzene ring substituents is 1. The number of hydrazine groups is 1. The van der Waals surface area contributed by atoms with Crippen LogP contribution in [-0.4, -0.2) is 33.3 Å². The van der Waals surface area contributed by atoms with Crippen LogP contribution in [-0.2, 0) is 4.79 Å².